The molecule has 0 aliphatic carbocycles. The van der Waals surface area contributed by atoms with Crippen molar-refractivity contribution < 1.29 is 13.9 Å². The predicted octanol–water partition coefficient (Wildman–Crippen LogP) is 3.05. The molecule has 0 atom stereocenters. The Bertz CT molecular complexity index is 1140. The van der Waals surface area contributed by atoms with Crippen molar-refractivity contribution in [1.29, 1.82) is 0 Å². The van der Waals surface area contributed by atoms with Gasteiger partial charge in [0, 0.05) is 17.5 Å². The van der Waals surface area contributed by atoms with E-state index in [-0.39, 0.29) is 11.5 Å². The molecular weight excluding hydrogens is 380 g/mol. The minimum atomic E-state index is -0.404. The molecule has 1 N–H and O–H groups in total. The van der Waals surface area contributed by atoms with E-state index in [0.29, 0.717) is 42.0 Å². The summed E-state index contributed by atoms with van der Waals surface area (Å²) in [5, 5.41) is 4.21. The number of benzene rings is 2. The highest BCUT2D eigenvalue weighted by Crippen LogP contribution is 2.29. The molecule has 2 aliphatic heterocycles. The van der Waals surface area contributed by atoms with Gasteiger partial charge in [0.15, 0.2) is 0 Å². The summed E-state index contributed by atoms with van der Waals surface area (Å²) >= 11 is 0. The van der Waals surface area contributed by atoms with Gasteiger partial charge in [0.05, 0.1) is 24.3 Å². The van der Waals surface area contributed by atoms with Crippen LogP contribution in [0.5, 0.6) is 0 Å². The zero-order chi connectivity index (χ0) is 20.6. The standard InChI is InChI=1S/C24H24N2O4/c27-22(26-12-13-29-24(16-26)8-10-25-11-9-24)19-6-3-5-17(14-19)20-15-18-4-1-2-7-21(18)30-23(20)28/h1-7,14-15,25H,8-13,16H2. The van der Waals surface area contributed by atoms with E-state index in [4.69, 9.17) is 9.15 Å². The molecule has 30 heavy (non-hydrogen) atoms. The highest BCUT2D eigenvalue weighted by atomic mass is 16.5. The molecule has 1 aromatic heterocycles. The number of carbonyl (C=O) groups is 1. The van der Waals surface area contributed by atoms with Gasteiger partial charge in [-0.3, -0.25) is 4.79 Å². The van der Waals surface area contributed by atoms with Gasteiger partial charge in [-0.15, -0.1) is 0 Å². The van der Waals surface area contributed by atoms with Gasteiger partial charge in [0.1, 0.15) is 5.58 Å². The topological polar surface area (TPSA) is 71.8 Å². The van der Waals surface area contributed by atoms with Crippen molar-refractivity contribution in [2.45, 2.75) is 18.4 Å². The molecule has 2 aliphatic rings. The lowest BCUT2D eigenvalue weighted by atomic mass is 9.90. The number of morpholine rings is 1. The highest BCUT2D eigenvalue weighted by Gasteiger charge is 2.39. The molecular formula is C24H24N2O4. The van der Waals surface area contributed by atoms with Crippen molar-refractivity contribution in [2.24, 2.45) is 0 Å². The number of rotatable bonds is 2. The van der Waals surface area contributed by atoms with Gasteiger partial charge in [-0.05, 0) is 55.8 Å². The van der Waals surface area contributed by atoms with E-state index in [1.165, 1.54) is 0 Å². The molecule has 2 fully saturated rings. The van der Waals surface area contributed by atoms with Gasteiger partial charge in [-0.1, -0.05) is 30.3 Å². The number of amides is 1. The number of hydrogen-bond acceptors (Lipinski definition) is 5. The lowest BCUT2D eigenvalue weighted by Gasteiger charge is -2.45. The third kappa shape index (κ3) is 3.53. The Morgan fingerprint density at radius 3 is 2.73 bits per heavy atom. The van der Waals surface area contributed by atoms with Crippen LogP contribution in [0.3, 0.4) is 0 Å². The number of nitrogens with zero attached hydrogens (tertiary/aromatic N) is 1. The van der Waals surface area contributed by atoms with Crippen molar-refractivity contribution in [2.75, 3.05) is 32.8 Å². The summed E-state index contributed by atoms with van der Waals surface area (Å²) in [7, 11) is 0. The average Bonchev–Trinajstić information content (AvgIpc) is 2.79. The van der Waals surface area contributed by atoms with Crippen LogP contribution < -0.4 is 10.9 Å². The number of piperidine rings is 1. The fraction of sp³-hybridized carbons (Fsp3) is 0.333. The van der Waals surface area contributed by atoms with Gasteiger partial charge in [0.25, 0.3) is 5.91 Å². The third-order valence-corrected chi connectivity index (χ3v) is 6.11. The second kappa shape index (κ2) is 7.70. The molecule has 3 aromatic rings. The first-order valence-corrected chi connectivity index (χ1v) is 10.4. The number of carbonyl (C=O) groups excluding carboxylic acids is 1. The van der Waals surface area contributed by atoms with Crippen LogP contribution in [0, 0.1) is 0 Å². The number of nitrogens with one attached hydrogen (secondary N) is 1. The fourth-order valence-electron chi connectivity index (χ4n) is 4.47. The SMILES string of the molecule is O=C(c1cccc(-c2cc3ccccc3oc2=O)c1)N1CCOC2(CCNCC2)C1. The van der Waals surface area contributed by atoms with Crippen LogP contribution in [0.4, 0.5) is 0 Å². The quantitative estimate of drug-likeness (QED) is 0.665. The van der Waals surface area contributed by atoms with Crippen molar-refractivity contribution in [3.05, 3.63) is 70.6 Å². The molecule has 5 rings (SSSR count). The molecule has 0 radical (unpaired) electrons. The van der Waals surface area contributed by atoms with Crippen LogP contribution in [0.1, 0.15) is 23.2 Å². The van der Waals surface area contributed by atoms with Crippen LogP contribution in [-0.2, 0) is 4.74 Å². The van der Waals surface area contributed by atoms with Crippen LogP contribution in [-0.4, -0.2) is 49.2 Å². The van der Waals surface area contributed by atoms with Crippen molar-refractivity contribution in [3.63, 3.8) is 0 Å². The van der Waals surface area contributed by atoms with Gasteiger partial charge >= 0.3 is 5.63 Å². The van der Waals surface area contributed by atoms with Crippen LogP contribution in [0.15, 0.2) is 63.8 Å². The summed E-state index contributed by atoms with van der Waals surface area (Å²) in [5.41, 5.74) is 1.63. The van der Waals surface area contributed by atoms with E-state index in [1.54, 1.807) is 18.2 Å². The second-order valence-corrected chi connectivity index (χ2v) is 8.07. The average molecular weight is 404 g/mol. The first kappa shape index (κ1) is 19.0. The molecule has 154 valence electrons. The Kier molecular flexibility index (Phi) is 4.89. The minimum absolute atomic E-state index is 0.0248. The first-order valence-electron chi connectivity index (χ1n) is 10.4. The monoisotopic (exact) mass is 404 g/mol. The van der Waals surface area contributed by atoms with Crippen molar-refractivity contribution in [3.8, 4) is 11.1 Å². The largest absolute Gasteiger partial charge is 0.422 e. The first-order chi connectivity index (χ1) is 14.6. The maximum absolute atomic E-state index is 13.3. The number of hydrogen-bond donors (Lipinski definition) is 1. The lowest BCUT2D eigenvalue weighted by molar-refractivity contribution is -0.114. The Balaban J connectivity index is 1.44. The van der Waals surface area contributed by atoms with E-state index in [9.17, 15) is 9.59 Å². The second-order valence-electron chi connectivity index (χ2n) is 8.07. The summed E-state index contributed by atoms with van der Waals surface area (Å²) in [5.74, 6) is -0.0248. The molecule has 0 bridgehead atoms. The van der Waals surface area contributed by atoms with Crippen LogP contribution >= 0.6 is 0 Å². The molecule has 0 saturated carbocycles. The number of para-hydroxylation sites is 1. The Hall–Kier alpha value is -2.96. The van der Waals surface area contributed by atoms with E-state index in [2.05, 4.69) is 5.32 Å². The van der Waals surface area contributed by atoms with Gasteiger partial charge in [0.2, 0.25) is 0 Å². The maximum Gasteiger partial charge on any atom is 0.344 e. The normalized spacial score (nSPS) is 18.6. The fourth-order valence-corrected chi connectivity index (χ4v) is 4.47. The highest BCUT2D eigenvalue weighted by molar-refractivity contribution is 5.96. The van der Waals surface area contributed by atoms with Gasteiger partial charge in [-0.2, -0.15) is 0 Å². The molecule has 6 heteroatoms. The molecule has 3 heterocycles. The van der Waals surface area contributed by atoms with Crippen molar-refractivity contribution >= 4 is 16.9 Å². The van der Waals surface area contributed by atoms with Gasteiger partial charge < -0.3 is 19.4 Å². The summed E-state index contributed by atoms with van der Waals surface area (Å²) in [6.45, 7) is 3.57. The van der Waals surface area contributed by atoms with Crippen molar-refractivity contribution in [1.82, 2.24) is 10.2 Å². The number of fused-ring (bicyclic) bond motifs is 1. The van der Waals surface area contributed by atoms with Gasteiger partial charge in [-0.25, -0.2) is 4.79 Å². The molecule has 2 saturated heterocycles. The molecule has 1 amide bonds. The van der Waals surface area contributed by atoms with Crippen LogP contribution in [0.2, 0.25) is 0 Å². The van der Waals surface area contributed by atoms with E-state index in [0.717, 1.165) is 31.3 Å². The third-order valence-electron chi connectivity index (χ3n) is 6.11. The van der Waals surface area contributed by atoms with E-state index in [1.807, 2.05) is 41.3 Å². The smallest absolute Gasteiger partial charge is 0.344 e. The molecule has 6 nitrogen and oxygen atoms in total. The molecule has 2 aromatic carbocycles. The number of ether oxygens (including phenoxy) is 1. The van der Waals surface area contributed by atoms with Crippen LogP contribution in [0.25, 0.3) is 22.1 Å². The molecule has 0 unspecified atom stereocenters. The Labute approximate surface area is 174 Å². The summed E-state index contributed by atoms with van der Waals surface area (Å²) in [6.07, 6.45) is 1.82. The Morgan fingerprint density at radius 2 is 1.87 bits per heavy atom. The zero-order valence-electron chi connectivity index (χ0n) is 16.7. The zero-order valence-corrected chi connectivity index (χ0v) is 16.7. The predicted molar refractivity (Wildman–Crippen MR) is 115 cm³/mol. The minimum Gasteiger partial charge on any atom is -0.422 e. The summed E-state index contributed by atoms with van der Waals surface area (Å²) in [6, 6.07) is 16.5. The summed E-state index contributed by atoms with van der Waals surface area (Å²) in [4.78, 5) is 27.7. The Morgan fingerprint density at radius 1 is 1.03 bits per heavy atom. The molecule has 1 spiro atoms. The summed E-state index contributed by atoms with van der Waals surface area (Å²) < 4.78 is 11.6. The van der Waals surface area contributed by atoms with E-state index >= 15 is 0 Å². The maximum atomic E-state index is 13.3. The van der Waals surface area contributed by atoms with E-state index < -0.39 is 5.63 Å². The lowest BCUT2D eigenvalue weighted by Crippen LogP contribution is -2.57.